The molecule has 0 atom stereocenters. The van der Waals surface area contributed by atoms with Gasteiger partial charge in [-0.1, -0.05) is 18.2 Å². The molecule has 1 heterocycles. The zero-order valence-corrected chi connectivity index (χ0v) is 16.2. The van der Waals surface area contributed by atoms with Crippen LogP contribution in [0.3, 0.4) is 0 Å². The molecule has 28 heavy (non-hydrogen) atoms. The zero-order chi connectivity index (χ0) is 20.5. The Hall–Kier alpha value is -2.85. The summed E-state index contributed by atoms with van der Waals surface area (Å²) in [5.41, 5.74) is 1.27. The minimum atomic E-state index is -3.45. The molecule has 1 aliphatic heterocycles. The largest absolute Gasteiger partial charge is 0.505 e. The average molecular weight is 422 g/mol. The van der Waals surface area contributed by atoms with Gasteiger partial charge in [-0.3, -0.25) is 19.2 Å². The molecule has 0 aliphatic carbocycles. The van der Waals surface area contributed by atoms with Gasteiger partial charge in [-0.2, -0.15) is 0 Å². The number of halogens is 1. The van der Waals surface area contributed by atoms with Crippen LogP contribution in [0, 0.1) is 5.82 Å². The number of phenols is 1. The Morgan fingerprint density at radius 3 is 2.64 bits per heavy atom. The molecule has 0 bridgehead atoms. The number of carbonyl (C=O) groups is 2. The van der Waals surface area contributed by atoms with Crippen LogP contribution in [0.5, 0.6) is 5.75 Å². The van der Waals surface area contributed by atoms with Gasteiger partial charge in [0.05, 0.1) is 17.7 Å². The van der Waals surface area contributed by atoms with E-state index in [1.54, 1.807) is 18.2 Å². The molecule has 0 unspecified atom stereocenters. The molecule has 2 aromatic carbocycles. The number of hydrogen-bond donors (Lipinski definition) is 2. The molecule has 10 heteroatoms. The summed E-state index contributed by atoms with van der Waals surface area (Å²) >= 11 is 0.732. The van der Waals surface area contributed by atoms with E-state index in [9.17, 15) is 27.5 Å². The second kappa shape index (κ2) is 7.64. The summed E-state index contributed by atoms with van der Waals surface area (Å²) < 4.78 is 38.2. The lowest BCUT2D eigenvalue weighted by Gasteiger charge is -2.13. The molecule has 0 aromatic heterocycles. The van der Waals surface area contributed by atoms with Gasteiger partial charge in [-0.05, 0) is 53.2 Å². The maximum absolute atomic E-state index is 13.1. The number of nitrogens with zero attached hydrogens (tertiary/aromatic N) is 1. The topological polar surface area (TPSA) is 104 Å². The van der Waals surface area contributed by atoms with Gasteiger partial charge >= 0.3 is 0 Å². The van der Waals surface area contributed by atoms with E-state index in [4.69, 9.17) is 0 Å². The van der Waals surface area contributed by atoms with Crippen LogP contribution in [0.1, 0.15) is 11.1 Å². The number of benzene rings is 2. The Labute approximate surface area is 164 Å². The molecule has 3 rings (SSSR count). The van der Waals surface area contributed by atoms with Gasteiger partial charge in [0.25, 0.3) is 11.1 Å². The first-order valence-corrected chi connectivity index (χ1v) is 10.6. The maximum atomic E-state index is 13.1. The highest BCUT2D eigenvalue weighted by molar-refractivity contribution is 8.18. The third kappa shape index (κ3) is 4.70. The van der Waals surface area contributed by atoms with Crippen molar-refractivity contribution in [3.63, 3.8) is 0 Å². The van der Waals surface area contributed by atoms with Crippen molar-refractivity contribution in [2.24, 2.45) is 0 Å². The monoisotopic (exact) mass is 422 g/mol. The van der Waals surface area contributed by atoms with Gasteiger partial charge in [0.1, 0.15) is 0 Å². The number of phenolic OH excluding ortho intramolecular Hbond substituents is 1. The number of thioether (sulfide) groups is 1. The molecule has 1 saturated heterocycles. The van der Waals surface area contributed by atoms with Gasteiger partial charge in [0.2, 0.25) is 10.0 Å². The Morgan fingerprint density at radius 1 is 1.21 bits per heavy atom. The minimum Gasteiger partial charge on any atom is -0.505 e. The van der Waals surface area contributed by atoms with E-state index in [-0.39, 0.29) is 11.4 Å². The van der Waals surface area contributed by atoms with Gasteiger partial charge in [-0.25, -0.2) is 12.8 Å². The van der Waals surface area contributed by atoms with Crippen LogP contribution < -0.4 is 4.72 Å². The highest BCUT2D eigenvalue weighted by Crippen LogP contribution is 2.34. The summed E-state index contributed by atoms with van der Waals surface area (Å²) in [7, 11) is -3.45. The van der Waals surface area contributed by atoms with Crippen molar-refractivity contribution < 1.29 is 27.5 Å². The van der Waals surface area contributed by atoms with Crippen molar-refractivity contribution in [1.29, 1.82) is 0 Å². The number of hydrogen-bond acceptors (Lipinski definition) is 6. The van der Waals surface area contributed by atoms with Crippen molar-refractivity contribution >= 4 is 44.7 Å². The average Bonchev–Trinajstić information content (AvgIpc) is 2.84. The number of anilines is 1. The van der Waals surface area contributed by atoms with Crippen LogP contribution in [-0.4, -0.2) is 35.8 Å². The van der Waals surface area contributed by atoms with Crippen LogP contribution in [-0.2, 0) is 21.4 Å². The van der Waals surface area contributed by atoms with E-state index in [0.29, 0.717) is 16.8 Å². The first-order chi connectivity index (χ1) is 13.1. The number of aromatic hydroxyl groups is 1. The Bertz CT molecular complexity index is 1100. The van der Waals surface area contributed by atoms with Crippen LogP contribution in [0.25, 0.3) is 6.08 Å². The van der Waals surface area contributed by atoms with E-state index in [0.717, 1.165) is 35.1 Å². The number of imide groups is 1. The number of carbonyl (C=O) groups excluding carboxylic acids is 2. The molecule has 0 spiro atoms. The lowest BCUT2D eigenvalue weighted by molar-refractivity contribution is -0.123. The SMILES string of the molecule is CS(=O)(=O)Nc1cccc(CN2C(=O)S/C(=C\c3ccc(F)c(O)c3)C2=O)c1. The third-order valence-electron chi connectivity index (χ3n) is 3.71. The van der Waals surface area contributed by atoms with Crippen molar-refractivity contribution in [2.45, 2.75) is 6.54 Å². The molecule has 0 radical (unpaired) electrons. The Morgan fingerprint density at radius 2 is 1.96 bits per heavy atom. The lowest BCUT2D eigenvalue weighted by Crippen LogP contribution is -2.27. The van der Waals surface area contributed by atoms with E-state index in [1.807, 2.05) is 0 Å². The molecular formula is C18H15FN2O5S2. The first kappa shape index (κ1) is 19.9. The second-order valence-electron chi connectivity index (χ2n) is 6.05. The van der Waals surface area contributed by atoms with Gasteiger partial charge < -0.3 is 5.11 Å². The molecule has 0 saturated carbocycles. The number of sulfonamides is 1. The van der Waals surface area contributed by atoms with Crippen LogP contribution >= 0.6 is 11.8 Å². The van der Waals surface area contributed by atoms with Crippen LogP contribution in [0.2, 0.25) is 0 Å². The number of rotatable bonds is 5. The predicted octanol–water partition coefficient (Wildman–Crippen LogP) is 3.14. The van der Waals surface area contributed by atoms with Crippen LogP contribution in [0.4, 0.5) is 14.9 Å². The first-order valence-electron chi connectivity index (χ1n) is 7.93. The predicted molar refractivity (Wildman–Crippen MR) is 104 cm³/mol. The fraction of sp³-hybridized carbons (Fsp3) is 0.111. The molecule has 2 amide bonds. The summed E-state index contributed by atoms with van der Waals surface area (Å²) in [4.78, 5) is 26.0. The van der Waals surface area contributed by atoms with Crippen LogP contribution in [0.15, 0.2) is 47.4 Å². The highest BCUT2D eigenvalue weighted by Gasteiger charge is 2.35. The maximum Gasteiger partial charge on any atom is 0.293 e. The molecule has 146 valence electrons. The Balaban J connectivity index is 1.80. The molecule has 2 aromatic rings. The summed E-state index contributed by atoms with van der Waals surface area (Å²) in [6.07, 6.45) is 2.42. The quantitative estimate of drug-likeness (QED) is 0.718. The molecule has 1 aliphatic rings. The highest BCUT2D eigenvalue weighted by atomic mass is 32.2. The van der Waals surface area contributed by atoms with Gasteiger partial charge in [0, 0.05) is 5.69 Å². The van der Waals surface area contributed by atoms with E-state index in [1.165, 1.54) is 18.2 Å². The van der Waals surface area contributed by atoms with Gasteiger partial charge in [-0.15, -0.1) is 0 Å². The summed E-state index contributed by atoms with van der Waals surface area (Å²) in [6, 6.07) is 9.96. The second-order valence-corrected chi connectivity index (χ2v) is 8.79. The molecule has 1 fully saturated rings. The van der Waals surface area contributed by atoms with Crippen molar-refractivity contribution in [3.05, 3.63) is 64.3 Å². The van der Waals surface area contributed by atoms with E-state index < -0.39 is 32.7 Å². The van der Waals surface area contributed by atoms with E-state index >= 15 is 0 Å². The van der Waals surface area contributed by atoms with Crippen molar-refractivity contribution in [3.8, 4) is 5.75 Å². The lowest BCUT2D eigenvalue weighted by atomic mass is 10.1. The smallest absolute Gasteiger partial charge is 0.293 e. The van der Waals surface area contributed by atoms with E-state index in [2.05, 4.69) is 4.72 Å². The summed E-state index contributed by atoms with van der Waals surface area (Å²) in [5.74, 6) is -1.86. The Kier molecular flexibility index (Phi) is 5.43. The van der Waals surface area contributed by atoms with Crippen molar-refractivity contribution in [2.75, 3.05) is 11.0 Å². The zero-order valence-electron chi connectivity index (χ0n) is 14.5. The third-order valence-corrected chi connectivity index (χ3v) is 5.23. The fourth-order valence-corrected chi connectivity index (χ4v) is 3.93. The molecule has 7 nitrogen and oxygen atoms in total. The molecular weight excluding hydrogens is 407 g/mol. The number of amides is 2. The van der Waals surface area contributed by atoms with Gasteiger partial charge in [0.15, 0.2) is 11.6 Å². The fourth-order valence-electron chi connectivity index (χ4n) is 2.54. The normalized spacial score (nSPS) is 16.1. The molecule has 2 N–H and O–H groups in total. The summed E-state index contributed by atoms with van der Waals surface area (Å²) in [6.45, 7) is -0.0318. The standard InChI is InChI=1S/C18H15FN2O5S2/c1-28(25,26)20-13-4-2-3-12(7-13)10-21-17(23)16(27-18(21)24)9-11-5-6-14(19)15(22)8-11/h2-9,20,22H,10H2,1H3/b16-9-. The van der Waals surface area contributed by atoms with Crippen molar-refractivity contribution in [1.82, 2.24) is 4.90 Å². The number of nitrogens with one attached hydrogen (secondary N) is 1. The minimum absolute atomic E-state index is 0.0318. The summed E-state index contributed by atoms with van der Waals surface area (Å²) in [5, 5.41) is 8.94.